The monoisotopic (exact) mass is 393 g/mol. The quantitative estimate of drug-likeness (QED) is 0.777. The molecule has 1 aromatic carbocycles. The van der Waals surface area contributed by atoms with Crippen molar-refractivity contribution < 1.29 is 14.4 Å². The lowest BCUT2D eigenvalue weighted by Crippen LogP contribution is -2.44. The fourth-order valence-electron chi connectivity index (χ4n) is 4.21. The molecule has 5 rings (SSSR count). The van der Waals surface area contributed by atoms with Crippen LogP contribution < -0.4 is 0 Å². The van der Waals surface area contributed by atoms with E-state index < -0.39 is 0 Å². The Morgan fingerprint density at radius 1 is 1.07 bits per heavy atom. The van der Waals surface area contributed by atoms with Gasteiger partial charge < -0.3 is 9.74 Å². The summed E-state index contributed by atoms with van der Waals surface area (Å²) in [7, 11) is 0. The van der Waals surface area contributed by atoms with Crippen LogP contribution in [0.1, 0.15) is 42.5 Å². The van der Waals surface area contributed by atoms with Crippen LogP contribution in [0.5, 0.6) is 0 Å². The van der Waals surface area contributed by atoms with Crippen LogP contribution in [0.15, 0.2) is 41.8 Å². The topological polar surface area (TPSA) is 89.7 Å². The predicted octanol–water partition coefficient (Wildman–Crippen LogP) is 2.24. The average molecular weight is 393 g/mol. The number of Topliss-reactive ketones (excluding diaryl/α,β-unsaturated/α-hetero) is 1. The first-order valence-corrected chi connectivity index (χ1v) is 10.2. The molecule has 2 fully saturated rings. The Kier molecular flexibility index (Phi) is 4.61. The molecule has 8 heteroatoms. The third-order valence-corrected chi connectivity index (χ3v) is 5.96. The third-order valence-electron chi connectivity index (χ3n) is 5.96. The van der Waals surface area contributed by atoms with E-state index in [4.69, 9.17) is 4.84 Å². The molecule has 3 heterocycles. The molecular formula is C21H23N5O3. The second kappa shape index (κ2) is 7.42. The Morgan fingerprint density at radius 3 is 2.66 bits per heavy atom. The second-order valence-electron chi connectivity index (χ2n) is 8.01. The highest BCUT2D eigenvalue weighted by Crippen LogP contribution is 2.34. The molecule has 0 radical (unpaired) electrons. The summed E-state index contributed by atoms with van der Waals surface area (Å²) < 4.78 is 0. The molecule has 1 aliphatic carbocycles. The van der Waals surface area contributed by atoms with Gasteiger partial charge in [0.1, 0.15) is 11.8 Å². The van der Waals surface area contributed by atoms with E-state index in [2.05, 4.69) is 15.4 Å². The molecule has 2 atom stereocenters. The van der Waals surface area contributed by atoms with Crippen molar-refractivity contribution in [3.05, 3.63) is 42.2 Å². The largest absolute Gasteiger partial charge is 0.391 e. The van der Waals surface area contributed by atoms with E-state index in [0.29, 0.717) is 36.5 Å². The number of aromatic nitrogens is 3. The Bertz CT molecular complexity index is 951. The van der Waals surface area contributed by atoms with Crippen LogP contribution in [0.2, 0.25) is 0 Å². The van der Waals surface area contributed by atoms with Crippen LogP contribution in [0, 0.1) is 11.8 Å². The van der Waals surface area contributed by atoms with Gasteiger partial charge in [0.25, 0.3) is 5.91 Å². The molecule has 2 aliphatic heterocycles. The number of ketones is 1. The minimum absolute atomic E-state index is 0.0317. The molecule has 2 aromatic rings. The third kappa shape index (κ3) is 3.54. The van der Waals surface area contributed by atoms with E-state index >= 15 is 0 Å². The van der Waals surface area contributed by atoms with Crippen LogP contribution in [-0.2, 0) is 9.63 Å². The number of nitrogens with zero attached hydrogens (tertiary/aromatic N) is 5. The fourth-order valence-corrected chi connectivity index (χ4v) is 4.21. The highest BCUT2D eigenvalue weighted by atomic mass is 16.6. The average Bonchev–Trinajstić information content (AvgIpc) is 3.26. The van der Waals surface area contributed by atoms with E-state index in [9.17, 15) is 9.59 Å². The van der Waals surface area contributed by atoms with Gasteiger partial charge in [0, 0.05) is 31.3 Å². The first-order chi connectivity index (χ1) is 14.2. The van der Waals surface area contributed by atoms with Crippen LogP contribution in [-0.4, -0.2) is 56.5 Å². The Labute approximate surface area is 168 Å². The van der Waals surface area contributed by atoms with Gasteiger partial charge in [-0.05, 0) is 37.8 Å². The lowest BCUT2D eigenvalue weighted by atomic mass is 9.89. The maximum atomic E-state index is 13.3. The van der Waals surface area contributed by atoms with Gasteiger partial charge in [0.05, 0.1) is 23.6 Å². The highest BCUT2D eigenvalue weighted by Gasteiger charge is 2.40. The van der Waals surface area contributed by atoms with Crippen molar-refractivity contribution in [2.45, 2.75) is 38.2 Å². The van der Waals surface area contributed by atoms with Crippen molar-refractivity contribution in [3.63, 3.8) is 0 Å². The van der Waals surface area contributed by atoms with E-state index in [0.717, 1.165) is 25.7 Å². The Balaban J connectivity index is 1.28. The summed E-state index contributed by atoms with van der Waals surface area (Å²) in [6.45, 7) is 1.31. The summed E-state index contributed by atoms with van der Waals surface area (Å²) in [4.78, 5) is 34.5. The minimum atomic E-state index is -0.119. The molecule has 1 amide bonds. The minimum Gasteiger partial charge on any atom is -0.391 e. The molecule has 150 valence electrons. The van der Waals surface area contributed by atoms with Crippen LogP contribution >= 0.6 is 0 Å². The van der Waals surface area contributed by atoms with E-state index in [1.807, 2.05) is 29.2 Å². The van der Waals surface area contributed by atoms with Crippen molar-refractivity contribution in [1.29, 1.82) is 0 Å². The van der Waals surface area contributed by atoms with E-state index in [1.165, 1.54) is 4.80 Å². The summed E-state index contributed by atoms with van der Waals surface area (Å²) in [5.41, 5.74) is 1.83. The smallest absolute Gasteiger partial charge is 0.256 e. The standard InChI is InChI=1S/C21H23N5O3/c27-20(14-7-8-14)17-12-19(29-24-17)15-4-3-11-25(13-15)21(28)16-5-1-2-6-18(16)26-22-9-10-23-26/h1-2,5-6,9-10,14-15,19H,3-4,7-8,11-13H2/t15-,19?/m1/s1. The zero-order valence-electron chi connectivity index (χ0n) is 16.1. The fraction of sp³-hybridized carbons (Fsp3) is 0.476. The summed E-state index contributed by atoms with van der Waals surface area (Å²) >= 11 is 0. The van der Waals surface area contributed by atoms with Crippen LogP contribution in [0.25, 0.3) is 5.69 Å². The first kappa shape index (κ1) is 18.0. The Morgan fingerprint density at radius 2 is 1.86 bits per heavy atom. The predicted molar refractivity (Wildman–Crippen MR) is 105 cm³/mol. The van der Waals surface area contributed by atoms with Crippen molar-refractivity contribution >= 4 is 17.4 Å². The van der Waals surface area contributed by atoms with Gasteiger partial charge in [0.15, 0.2) is 5.78 Å². The lowest BCUT2D eigenvalue weighted by molar-refractivity contribution is -0.114. The van der Waals surface area contributed by atoms with Gasteiger partial charge in [-0.3, -0.25) is 9.59 Å². The van der Waals surface area contributed by atoms with Crippen molar-refractivity contribution in [2.75, 3.05) is 13.1 Å². The summed E-state index contributed by atoms with van der Waals surface area (Å²) in [5, 5.41) is 12.4. The molecule has 8 nitrogen and oxygen atoms in total. The summed E-state index contributed by atoms with van der Waals surface area (Å²) in [5.74, 6) is 0.455. The summed E-state index contributed by atoms with van der Waals surface area (Å²) in [6, 6.07) is 7.38. The van der Waals surface area contributed by atoms with Crippen molar-refractivity contribution in [3.8, 4) is 5.69 Å². The molecule has 0 N–H and O–H groups in total. The molecular weight excluding hydrogens is 370 g/mol. The van der Waals surface area contributed by atoms with Gasteiger partial charge in [-0.25, -0.2) is 0 Å². The number of likely N-dealkylation sites (tertiary alicyclic amines) is 1. The second-order valence-corrected chi connectivity index (χ2v) is 8.01. The summed E-state index contributed by atoms with van der Waals surface area (Å²) in [6.07, 6.45) is 7.45. The number of carbonyl (C=O) groups is 2. The maximum Gasteiger partial charge on any atom is 0.256 e. The van der Waals surface area contributed by atoms with Gasteiger partial charge in [-0.1, -0.05) is 17.3 Å². The number of piperidine rings is 1. The molecule has 3 aliphatic rings. The lowest BCUT2D eigenvalue weighted by Gasteiger charge is -2.35. The van der Waals surface area contributed by atoms with E-state index in [-0.39, 0.29) is 29.6 Å². The molecule has 1 unspecified atom stereocenters. The van der Waals surface area contributed by atoms with Gasteiger partial charge in [-0.15, -0.1) is 0 Å². The maximum absolute atomic E-state index is 13.3. The number of hydrogen-bond acceptors (Lipinski definition) is 6. The number of carbonyl (C=O) groups excluding carboxylic acids is 2. The molecule has 0 bridgehead atoms. The molecule has 1 aromatic heterocycles. The number of rotatable bonds is 5. The number of benzene rings is 1. The zero-order chi connectivity index (χ0) is 19.8. The molecule has 1 saturated heterocycles. The van der Waals surface area contributed by atoms with Gasteiger partial charge in [0.2, 0.25) is 0 Å². The van der Waals surface area contributed by atoms with E-state index in [1.54, 1.807) is 12.4 Å². The highest BCUT2D eigenvalue weighted by molar-refractivity contribution is 6.41. The first-order valence-electron chi connectivity index (χ1n) is 10.2. The number of amides is 1. The number of para-hydroxylation sites is 1. The zero-order valence-corrected chi connectivity index (χ0v) is 16.1. The number of hydrogen-bond donors (Lipinski definition) is 0. The molecule has 1 saturated carbocycles. The van der Waals surface area contributed by atoms with Crippen molar-refractivity contribution in [2.24, 2.45) is 17.0 Å². The van der Waals surface area contributed by atoms with Crippen LogP contribution in [0.3, 0.4) is 0 Å². The van der Waals surface area contributed by atoms with Crippen LogP contribution in [0.4, 0.5) is 0 Å². The van der Waals surface area contributed by atoms with Crippen molar-refractivity contribution in [1.82, 2.24) is 19.9 Å². The molecule has 0 spiro atoms. The van der Waals surface area contributed by atoms with Gasteiger partial charge in [-0.2, -0.15) is 15.0 Å². The van der Waals surface area contributed by atoms with Gasteiger partial charge >= 0.3 is 0 Å². The number of oxime groups is 1. The normalized spacial score (nSPS) is 24.1. The Hall–Kier alpha value is -3.03. The molecule has 29 heavy (non-hydrogen) atoms. The SMILES string of the molecule is O=C(C1=NOC([C@@H]2CCCN(C(=O)c3ccccc3-n3nccn3)C2)C1)C1CC1.